The Labute approximate surface area is 148 Å². The highest BCUT2D eigenvalue weighted by molar-refractivity contribution is 5.69. The molecule has 2 aliphatic rings. The molecule has 2 bridgehead atoms. The molecule has 3 rings (SSSR count). The van der Waals surface area contributed by atoms with Gasteiger partial charge in [-0.15, -0.1) is 0 Å². The molecule has 0 aromatic carbocycles. The van der Waals surface area contributed by atoms with E-state index in [4.69, 9.17) is 10.00 Å². The highest BCUT2D eigenvalue weighted by atomic mass is 16.6. The van der Waals surface area contributed by atoms with Gasteiger partial charge in [0.05, 0.1) is 5.60 Å². The topological polar surface area (TPSA) is 86.5 Å². The zero-order valence-corrected chi connectivity index (χ0v) is 15.0. The number of aliphatic hydroxyl groups is 1. The van der Waals surface area contributed by atoms with Crippen molar-refractivity contribution < 1.29 is 14.6 Å². The Hall–Kier alpha value is -2.13. The molecule has 6 nitrogen and oxygen atoms in total. The third kappa shape index (κ3) is 3.62. The molecular formula is C19H25N3O3. The first-order chi connectivity index (χ1) is 11.7. The van der Waals surface area contributed by atoms with E-state index >= 15 is 0 Å². The van der Waals surface area contributed by atoms with Gasteiger partial charge >= 0.3 is 6.09 Å². The molecule has 1 N–H and O–H groups in total. The minimum absolute atomic E-state index is 0.0389. The fourth-order valence-corrected chi connectivity index (χ4v) is 4.01. The number of hydrogen-bond donors (Lipinski definition) is 1. The summed E-state index contributed by atoms with van der Waals surface area (Å²) in [4.78, 5) is 18.6. The number of amides is 1. The van der Waals surface area contributed by atoms with Gasteiger partial charge < -0.3 is 14.7 Å². The Morgan fingerprint density at radius 1 is 1.36 bits per heavy atom. The molecule has 1 aromatic rings. The Morgan fingerprint density at radius 3 is 2.48 bits per heavy atom. The van der Waals surface area contributed by atoms with E-state index in [1.54, 1.807) is 18.3 Å². The molecule has 2 fully saturated rings. The van der Waals surface area contributed by atoms with Crippen LogP contribution in [0.5, 0.6) is 0 Å². The van der Waals surface area contributed by atoms with Crippen LogP contribution in [0.3, 0.4) is 0 Å². The van der Waals surface area contributed by atoms with Crippen LogP contribution in [0.1, 0.15) is 64.1 Å². The first-order valence-corrected chi connectivity index (χ1v) is 8.82. The van der Waals surface area contributed by atoms with Crippen LogP contribution in [0.2, 0.25) is 0 Å². The number of nitrogens with zero attached hydrogens (tertiary/aromatic N) is 3. The van der Waals surface area contributed by atoms with Crippen LogP contribution in [0.15, 0.2) is 18.3 Å². The van der Waals surface area contributed by atoms with Crippen molar-refractivity contribution in [3.63, 3.8) is 0 Å². The van der Waals surface area contributed by atoms with Crippen molar-refractivity contribution in [3.05, 3.63) is 29.6 Å². The molecular weight excluding hydrogens is 318 g/mol. The molecule has 2 saturated heterocycles. The normalized spacial score (nSPS) is 29.0. The van der Waals surface area contributed by atoms with E-state index in [2.05, 4.69) is 4.98 Å². The summed E-state index contributed by atoms with van der Waals surface area (Å²) in [5.41, 5.74) is -0.503. The van der Waals surface area contributed by atoms with E-state index < -0.39 is 11.2 Å². The van der Waals surface area contributed by atoms with Crippen LogP contribution in [0, 0.1) is 11.3 Å². The molecule has 0 aliphatic carbocycles. The largest absolute Gasteiger partial charge is 0.444 e. The highest BCUT2D eigenvalue weighted by Crippen LogP contribution is 2.44. The molecule has 6 heteroatoms. The standard InChI is InChI=1S/C19H25N3O3/c1-18(2,3)25-17(23)22-15-5-4-6-16(22)10-19(24,9-15)13-7-8-14(11-20)21-12-13/h7-8,12,15-16,24H,4-6,9-10H2,1-3H3. The lowest BCUT2D eigenvalue weighted by molar-refractivity contribution is -0.0966. The SMILES string of the molecule is CC(C)(C)OC(=O)N1C2CCCC1CC(O)(c1ccc(C#N)nc1)C2. The average molecular weight is 343 g/mol. The minimum Gasteiger partial charge on any atom is -0.444 e. The van der Waals surface area contributed by atoms with Crippen LogP contribution in [-0.4, -0.2) is 38.8 Å². The molecule has 3 heterocycles. The number of piperidine rings is 2. The summed E-state index contributed by atoms with van der Waals surface area (Å²) in [5.74, 6) is 0. The van der Waals surface area contributed by atoms with E-state index in [0.29, 0.717) is 24.1 Å². The number of nitriles is 1. The van der Waals surface area contributed by atoms with Gasteiger partial charge in [0.2, 0.25) is 0 Å². The monoisotopic (exact) mass is 343 g/mol. The van der Waals surface area contributed by atoms with Crippen LogP contribution < -0.4 is 0 Å². The van der Waals surface area contributed by atoms with Gasteiger partial charge in [0, 0.05) is 36.7 Å². The van der Waals surface area contributed by atoms with Gasteiger partial charge in [-0.05, 0) is 46.1 Å². The smallest absolute Gasteiger partial charge is 0.410 e. The zero-order valence-electron chi connectivity index (χ0n) is 15.0. The number of ether oxygens (including phenoxy) is 1. The summed E-state index contributed by atoms with van der Waals surface area (Å²) in [7, 11) is 0. The number of carbonyl (C=O) groups excluding carboxylic acids is 1. The summed E-state index contributed by atoms with van der Waals surface area (Å²) < 4.78 is 5.57. The number of aromatic nitrogens is 1. The quantitative estimate of drug-likeness (QED) is 0.847. The molecule has 2 unspecified atom stereocenters. The first-order valence-electron chi connectivity index (χ1n) is 8.82. The number of fused-ring (bicyclic) bond motifs is 2. The van der Waals surface area contributed by atoms with E-state index in [0.717, 1.165) is 19.3 Å². The van der Waals surface area contributed by atoms with E-state index in [1.807, 2.05) is 31.7 Å². The van der Waals surface area contributed by atoms with Crippen molar-refractivity contribution in [2.24, 2.45) is 0 Å². The summed E-state index contributed by atoms with van der Waals surface area (Å²) >= 11 is 0. The molecule has 2 atom stereocenters. The van der Waals surface area contributed by atoms with Gasteiger partial charge in [-0.3, -0.25) is 0 Å². The molecule has 0 saturated carbocycles. The van der Waals surface area contributed by atoms with Gasteiger partial charge in [0.25, 0.3) is 0 Å². The third-order valence-corrected chi connectivity index (χ3v) is 5.03. The van der Waals surface area contributed by atoms with Crippen molar-refractivity contribution >= 4 is 6.09 Å². The number of hydrogen-bond acceptors (Lipinski definition) is 5. The first kappa shape index (κ1) is 17.7. The Balaban J connectivity index is 1.83. The average Bonchev–Trinajstić information content (AvgIpc) is 2.52. The Kier molecular flexibility index (Phi) is 4.46. The summed E-state index contributed by atoms with van der Waals surface area (Å²) in [6, 6.07) is 5.31. The van der Waals surface area contributed by atoms with Crippen molar-refractivity contribution in [1.82, 2.24) is 9.88 Å². The van der Waals surface area contributed by atoms with Gasteiger partial charge in [-0.2, -0.15) is 5.26 Å². The van der Waals surface area contributed by atoms with Gasteiger partial charge in [0.1, 0.15) is 17.4 Å². The predicted molar refractivity (Wildman–Crippen MR) is 91.6 cm³/mol. The molecule has 134 valence electrons. The maximum absolute atomic E-state index is 12.6. The lowest BCUT2D eigenvalue weighted by atomic mass is 9.73. The molecule has 1 aromatic heterocycles. The molecule has 1 amide bonds. The highest BCUT2D eigenvalue weighted by Gasteiger charge is 2.49. The van der Waals surface area contributed by atoms with E-state index in [-0.39, 0.29) is 18.2 Å². The predicted octanol–water partition coefficient (Wildman–Crippen LogP) is 3.09. The van der Waals surface area contributed by atoms with Crippen LogP contribution in [0.25, 0.3) is 0 Å². The van der Waals surface area contributed by atoms with Crippen molar-refractivity contribution in [3.8, 4) is 6.07 Å². The molecule has 0 radical (unpaired) electrons. The lowest BCUT2D eigenvalue weighted by Gasteiger charge is -2.51. The number of rotatable bonds is 1. The van der Waals surface area contributed by atoms with Crippen molar-refractivity contribution in [1.29, 1.82) is 5.26 Å². The van der Waals surface area contributed by atoms with Crippen LogP contribution >= 0.6 is 0 Å². The fraction of sp³-hybridized carbons (Fsp3) is 0.632. The second-order valence-corrected chi connectivity index (χ2v) is 8.11. The number of carbonyl (C=O) groups is 1. The molecule has 0 spiro atoms. The summed E-state index contributed by atoms with van der Waals surface area (Å²) in [6.45, 7) is 5.59. The van der Waals surface area contributed by atoms with Gasteiger partial charge in [-0.25, -0.2) is 9.78 Å². The Morgan fingerprint density at radius 2 is 2.00 bits per heavy atom. The van der Waals surface area contributed by atoms with Gasteiger partial charge in [-0.1, -0.05) is 6.07 Å². The minimum atomic E-state index is -1.02. The second-order valence-electron chi connectivity index (χ2n) is 8.11. The van der Waals surface area contributed by atoms with Crippen molar-refractivity contribution in [2.75, 3.05) is 0 Å². The summed E-state index contributed by atoms with van der Waals surface area (Å²) in [5, 5.41) is 20.1. The lowest BCUT2D eigenvalue weighted by Crippen LogP contribution is -2.59. The van der Waals surface area contributed by atoms with Crippen LogP contribution in [-0.2, 0) is 10.3 Å². The Bertz CT molecular complexity index is 673. The van der Waals surface area contributed by atoms with E-state index in [9.17, 15) is 9.90 Å². The molecule has 25 heavy (non-hydrogen) atoms. The van der Waals surface area contributed by atoms with Crippen LogP contribution in [0.4, 0.5) is 4.79 Å². The van der Waals surface area contributed by atoms with E-state index in [1.165, 1.54) is 0 Å². The van der Waals surface area contributed by atoms with Gasteiger partial charge in [0.15, 0.2) is 0 Å². The third-order valence-electron chi connectivity index (χ3n) is 5.03. The maximum Gasteiger partial charge on any atom is 0.410 e. The molecule has 2 aliphatic heterocycles. The maximum atomic E-state index is 12.6. The fourth-order valence-electron chi connectivity index (χ4n) is 4.01. The van der Waals surface area contributed by atoms with Crippen molar-refractivity contribution in [2.45, 2.75) is 76.2 Å². The zero-order chi connectivity index (χ0) is 18.2. The summed E-state index contributed by atoms with van der Waals surface area (Å²) in [6.07, 6.45) is 5.01. The second kappa shape index (κ2) is 6.30. The number of pyridine rings is 1.